The molecule has 2 aromatic rings. The van der Waals surface area contributed by atoms with E-state index in [2.05, 4.69) is 5.10 Å². The highest BCUT2D eigenvalue weighted by molar-refractivity contribution is 6.39. The Balaban J connectivity index is 2.47. The van der Waals surface area contributed by atoms with Gasteiger partial charge in [-0.15, -0.1) is 0 Å². The topological polar surface area (TPSA) is 62.3 Å². The van der Waals surface area contributed by atoms with E-state index in [1.807, 2.05) is 0 Å². The van der Waals surface area contributed by atoms with Crippen molar-refractivity contribution in [1.29, 1.82) is 0 Å². The maximum Gasteiger partial charge on any atom is 0.145 e. The Kier molecular flexibility index (Phi) is 4.42. The predicted molar refractivity (Wildman–Crippen MR) is 81.4 cm³/mol. The third-order valence-corrected chi connectivity index (χ3v) is 3.41. The van der Waals surface area contributed by atoms with Crippen LogP contribution < -0.4 is 15.2 Å². The average Bonchev–Trinajstić information content (AvgIpc) is 2.85. The highest BCUT2D eigenvalue weighted by Crippen LogP contribution is 2.41. The normalized spacial score (nSPS) is 11.0. The number of halogens is 2. The van der Waals surface area contributed by atoms with Crippen LogP contribution in [0.4, 0.5) is 5.82 Å². The Hall–Kier alpha value is -1.85. The van der Waals surface area contributed by atoms with E-state index >= 15 is 0 Å². The molecular formula is C13H13Cl2N3O2. The lowest BCUT2D eigenvalue weighted by Crippen LogP contribution is -1.93. The van der Waals surface area contributed by atoms with Crippen molar-refractivity contribution < 1.29 is 9.47 Å². The van der Waals surface area contributed by atoms with Crippen LogP contribution in [0.3, 0.4) is 0 Å². The lowest BCUT2D eigenvalue weighted by Gasteiger charge is -2.12. The lowest BCUT2D eigenvalue weighted by molar-refractivity contribution is 0.394. The lowest BCUT2D eigenvalue weighted by atomic mass is 10.2. The first kappa shape index (κ1) is 14.6. The van der Waals surface area contributed by atoms with Crippen molar-refractivity contribution in [2.24, 2.45) is 0 Å². The van der Waals surface area contributed by atoms with E-state index in [-0.39, 0.29) is 0 Å². The first-order valence-corrected chi connectivity index (χ1v) is 6.41. The van der Waals surface area contributed by atoms with Gasteiger partial charge >= 0.3 is 0 Å². The van der Waals surface area contributed by atoms with Gasteiger partial charge in [-0.25, -0.2) is 4.68 Å². The van der Waals surface area contributed by atoms with Crippen LogP contribution in [0.5, 0.6) is 11.5 Å². The Morgan fingerprint density at radius 3 is 2.25 bits per heavy atom. The van der Waals surface area contributed by atoms with Crippen LogP contribution in [0, 0.1) is 0 Å². The summed E-state index contributed by atoms with van der Waals surface area (Å²) in [6.07, 6.45) is 5.11. The number of methoxy groups -OCH3 is 2. The summed E-state index contributed by atoms with van der Waals surface area (Å²) in [5.41, 5.74) is 6.12. The molecule has 0 aliphatic heterocycles. The number of aromatic nitrogens is 2. The number of ether oxygens (including phenoxy) is 2. The number of benzene rings is 1. The summed E-state index contributed by atoms with van der Waals surface area (Å²) in [6, 6.07) is 3.31. The van der Waals surface area contributed by atoms with Crippen molar-refractivity contribution >= 4 is 41.3 Å². The van der Waals surface area contributed by atoms with Gasteiger partial charge in [0.05, 0.1) is 24.3 Å². The molecule has 0 fully saturated rings. The molecule has 0 aliphatic rings. The number of nitrogens with zero attached hydrogens (tertiary/aromatic N) is 2. The molecule has 7 heteroatoms. The van der Waals surface area contributed by atoms with Crippen molar-refractivity contribution in [1.82, 2.24) is 9.78 Å². The highest BCUT2D eigenvalue weighted by Gasteiger charge is 2.15. The van der Waals surface area contributed by atoms with Crippen LogP contribution in [0.25, 0.3) is 12.3 Å². The van der Waals surface area contributed by atoms with Crippen LogP contribution in [-0.4, -0.2) is 24.0 Å². The molecule has 0 amide bonds. The van der Waals surface area contributed by atoms with Gasteiger partial charge in [0.1, 0.15) is 17.3 Å². The van der Waals surface area contributed by atoms with E-state index in [0.717, 1.165) is 0 Å². The molecule has 2 N–H and O–H groups in total. The molecular weight excluding hydrogens is 301 g/mol. The van der Waals surface area contributed by atoms with Gasteiger partial charge in [-0.3, -0.25) is 0 Å². The van der Waals surface area contributed by atoms with E-state index in [9.17, 15) is 0 Å². The zero-order chi connectivity index (χ0) is 14.7. The molecule has 0 unspecified atom stereocenters. The molecule has 0 bridgehead atoms. The highest BCUT2D eigenvalue weighted by atomic mass is 35.5. The van der Waals surface area contributed by atoms with Crippen molar-refractivity contribution in [3.8, 4) is 11.5 Å². The summed E-state index contributed by atoms with van der Waals surface area (Å²) < 4.78 is 11.9. The third-order valence-electron chi connectivity index (χ3n) is 2.63. The van der Waals surface area contributed by atoms with E-state index in [1.165, 1.54) is 14.2 Å². The smallest absolute Gasteiger partial charge is 0.145 e. The standard InChI is InChI=1S/C13H13Cl2N3O2/c1-19-9-7-10(20-2)13(15)8(12(9)14)3-5-18-6-4-11(16)17-18/h3-7H,1-2H3,(H2,16,17). The number of rotatable bonds is 4. The number of nitrogen functional groups attached to an aromatic ring is 1. The second kappa shape index (κ2) is 6.07. The van der Waals surface area contributed by atoms with Crippen molar-refractivity contribution in [2.45, 2.75) is 0 Å². The van der Waals surface area contributed by atoms with Crippen molar-refractivity contribution in [3.63, 3.8) is 0 Å². The minimum atomic E-state index is 0.398. The largest absolute Gasteiger partial charge is 0.495 e. The fourth-order valence-electron chi connectivity index (χ4n) is 1.64. The molecule has 0 atom stereocenters. The molecule has 2 rings (SSSR count). The first-order chi connectivity index (χ1) is 9.56. The Morgan fingerprint density at radius 2 is 1.80 bits per heavy atom. The van der Waals surface area contributed by atoms with E-state index in [0.29, 0.717) is 32.9 Å². The van der Waals surface area contributed by atoms with Crippen LogP contribution >= 0.6 is 23.2 Å². The van der Waals surface area contributed by atoms with Crippen molar-refractivity contribution in [2.75, 3.05) is 20.0 Å². The fraction of sp³-hybridized carbons (Fsp3) is 0.154. The summed E-state index contributed by atoms with van der Waals surface area (Å²) in [5.74, 6) is 1.38. The minimum Gasteiger partial charge on any atom is -0.495 e. The molecule has 1 aromatic heterocycles. The third kappa shape index (κ3) is 2.84. The van der Waals surface area contributed by atoms with Crippen LogP contribution in [-0.2, 0) is 0 Å². The Labute approximate surface area is 126 Å². The van der Waals surface area contributed by atoms with E-state index in [1.54, 1.807) is 35.3 Å². The Bertz CT molecular complexity index is 625. The SMILES string of the molecule is COc1cc(OC)c(Cl)c(C=Cn2ccc(N)n2)c1Cl. The summed E-state index contributed by atoms with van der Waals surface area (Å²) in [4.78, 5) is 0. The van der Waals surface area contributed by atoms with Crippen LogP contribution in [0.2, 0.25) is 10.0 Å². The van der Waals surface area contributed by atoms with E-state index in [4.69, 9.17) is 38.4 Å². The Morgan fingerprint density at radius 1 is 1.20 bits per heavy atom. The number of anilines is 1. The predicted octanol–water partition coefficient (Wildman–Crippen LogP) is 3.42. The molecule has 5 nitrogen and oxygen atoms in total. The monoisotopic (exact) mass is 313 g/mol. The average molecular weight is 314 g/mol. The van der Waals surface area contributed by atoms with Gasteiger partial charge in [-0.05, 0) is 6.08 Å². The van der Waals surface area contributed by atoms with E-state index < -0.39 is 0 Å². The fourth-order valence-corrected chi connectivity index (χ4v) is 2.26. The summed E-state index contributed by atoms with van der Waals surface area (Å²) in [5, 5.41) is 4.82. The molecule has 0 radical (unpaired) electrons. The molecule has 20 heavy (non-hydrogen) atoms. The number of hydrogen-bond acceptors (Lipinski definition) is 4. The van der Waals surface area contributed by atoms with Gasteiger partial charge in [-0.1, -0.05) is 23.2 Å². The molecule has 0 spiro atoms. The van der Waals surface area contributed by atoms with Crippen molar-refractivity contribution in [3.05, 3.63) is 33.9 Å². The molecule has 106 valence electrons. The van der Waals surface area contributed by atoms with Gasteiger partial charge in [0.25, 0.3) is 0 Å². The molecule has 1 heterocycles. The number of nitrogens with two attached hydrogens (primary N) is 1. The van der Waals surface area contributed by atoms with Gasteiger partial charge < -0.3 is 15.2 Å². The van der Waals surface area contributed by atoms with Gasteiger partial charge in [0.2, 0.25) is 0 Å². The molecule has 1 aromatic carbocycles. The quantitative estimate of drug-likeness (QED) is 0.939. The van der Waals surface area contributed by atoms with Crippen LogP contribution in [0.15, 0.2) is 18.3 Å². The number of hydrogen-bond donors (Lipinski definition) is 1. The molecule has 0 aliphatic carbocycles. The molecule has 0 saturated carbocycles. The first-order valence-electron chi connectivity index (χ1n) is 5.65. The summed E-state index contributed by atoms with van der Waals surface area (Å²) in [7, 11) is 3.05. The summed E-state index contributed by atoms with van der Waals surface area (Å²) >= 11 is 12.5. The van der Waals surface area contributed by atoms with Gasteiger partial charge in [0.15, 0.2) is 0 Å². The van der Waals surface area contributed by atoms with Crippen LogP contribution in [0.1, 0.15) is 5.56 Å². The second-order valence-electron chi connectivity index (χ2n) is 3.86. The maximum atomic E-state index is 6.24. The maximum absolute atomic E-state index is 6.24. The summed E-state index contributed by atoms with van der Waals surface area (Å²) in [6.45, 7) is 0. The van der Waals surface area contributed by atoms with Gasteiger partial charge in [-0.2, -0.15) is 5.10 Å². The zero-order valence-corrected chi connectivity index (χ0v) is 12.4. The zero-order valence-electron chi connectivity index (χ0n) is 10.9. The minimum absolute atomic E-state index is 0.398. The second-order valence-corrected chi connectivity index (χ2v) is 4.62. The molecule has 0 saturated heterocycles. The van der Waals surface area contributed by atoms with Gasteiger partial charge in [0, 0.05) is 30.1 Å².